The lowest BCUT2D eigenvalue weighted by Gasteiger charge is -2.12. The average Bonchev–Trinajstić information content (AvgIpc) is 2.93. The number of nitrogens with one attached hydrogen (secondary N) is 1. The highest BCUT2D eigenvalue weighted by atomic mass is 35.5. The molecule has 0 saturated heterocycles. The molecule has 24 heavy (non-hydrogen) atoms. The zero-order valence-corrected chi connectivity index (χ0v) is 14.2. The van der Waals surface area contributed by atoms with Crippen LogP contribution in [0.15, 0.2) is 36.5 Å². The monoisotopic (exact) mass is 345 g/mol. The second-order valence-electron chi connectivity index (χ2n) is 5.10. The fraction of sp³-hybridized carbons (Fsp3) is 0.176. The molecule has 1 N–H and O–H groups in total. The van der Waals surface area contributed by atoms with Gasteiger partial charge in [0.25, 0.3) is 5.91 Å². The normalized spacial score (nSPS) is 10.7. The van der Waals surface area contributed by atoms with Gasteiger partial charge in [-0.25, -0.2) is 4.98 Å². The molecule has 2 aromatic heterocycles. The van der Waals surface area contributed by atoms with E-state index >= 15 is 0 Å². The topological polar surface area (TPSA) is 64.9 Å². The first-order valence-electron chi connectivity index (χ1n) is 7.21. The van der Waals surface area contributed by atoms with Crippen molar-refractivity contribution >= 4 is 28.7 Å². The number of carbonyl (C=O) groups is 1. The molecule has 3 aromatic rings. The number of amides is 1. The summed E-state index contributed by atoms with van der Waals surface area (Å²) in [4.78, 5) is 17.0. The number of aromatic nitrogens is 2. The maximum Gasteiger partial charge on any atom is 0.276 e. The van der Waals surface area contributed by atoms with Crippen LogP contribution in [0, 0.1) is 6.92 Å². The van der Waals surface area contributed by atoms with Crippen molar-refractivity contribution in [1.29, 1.82) is 0 Å². The highest BCUT2D eigenvalue weighted by Gasteiger charge is 2.18. The molecule has 1 aromatic carbocycles. The number of methoxy groups -OCH3 is 2. The Balaban J connectivity index is 2.00. The standard InChI is InChI=1S/C17H16ClN3O3/c1-10-19-16(13-6-4-5-7-21(10)13)17(22)20-12-9-14(23-2)11(18)8-15(12)24-3/h4-9H,1-3H3,(H,20,22). The van der Waals surface area contributed by atoms with E-state index in [1.54, 1.807) is 12.1 Å². The second kappa shape index (κ2) is 6.41. The van der Waals surface area contributed by atoms with Crippen LogP contribution in [0.2, 0.25) is 5.02 Å². The molecule has 0 spiro atoms. The van der Waals surface area contributed by atoms with Gasteiger partial charge in [0.2, 0.25) is 0 Å². The SMILES string of the molecule is COc1cc(NC(=O)c2nc(C)n3ccccc23)c(OC)cc1Cl. The fourth-order valence-corrected chi connectivity index (χ4v) is 2.73. The number of carbonyl (C=O) groups excluding carboxylic acids is 1. The minimum absolute atomic E-state index is 0.337. The van der Waals surface area contributed by atoms with E-state index in [0.29, 0.717) is 27.9 Å². The van der Waals surface area contributed by atoms with Crippen LogP contribution in [0.25, 0.3) is 5.52 Å². The zero-order chi connectivity index (χ0) is 17.3. The van der Waals surface area contributed by atoms with E-state index in [9.17, 15) is 4.79 Å². The minimum atomic E-state index is -0.338. The lowest BCUT2D eigenvalue weighted by Crippen LogP contribution is -2.14. The van der Waals surface area contributed by atoms with Crippen LogP contribution in [0.3, 0.4) is 0 Å². The van der Waals surface area contributed by atoms with Gasteiger partial charge in [-0.3, -0.25) is 4.79 Å². The number of imidazole rings is 1. The number of anilines is 1. The first kappa shape index (κ1) is 16.1. The molecule has 0 fully saturated rings. The van der Waals surface area contributed by atoms with Gasteiger partial charge in [0.1, 0.15) is 17.3 Å². The molecule has 3 rings (SSSR count). The predicted molar refractivity (Wildman–Crippen MR) is 92.4 cm³/mol. The van der Waals surface area contributed by atoms with Crippen molar-refractivity contribution in [2.45, 2.75) is 6.92 Å². The minimum Gasteiger partial charge on any atom is -0.495 e. The van der Waals surface area contributed by atoms with E-state index in [2.05, 4.69) is 10.3 Å². The number of fused-ring (bicyclic) bond motifs is 1. The van der Waals surface area contributed by atoms with Crippen LogP contribution in [0.5, 0.6) is 11.5 Å². The first-order chi connectivity index (χ1) is 11.5. The Morgan fingerprint density at radius 3 is 2.67 bits per heavy atom. The largest absolute Gasteiger partial charge is 0.495 e. The van der Waals surface area contributed by atoms with Crippen LogP contribution < -0.4 is 14.8 Å². The number of benzene rings is 1. The summed E-state index contributed by atoms with van der Waals surface area (Å²) in [6.45, 7) is 1.84. The molecule has 2 heterocycles. The number of pyridine rings is 1. The van der Waals surface area contributed by atoms with Crippen molar-refractivity contribution in [3.8, 4) is 11.5 Å². The van der Waals surface area contributed by atoms with E-state index in [1.165, 1.54) is 14.2 Å². The Hall–Kier alpha value is -2.73. The third-order valence-electron chi connectivity index (χ3n) is 3.66. The molecule has 0 radical (unpaired) electrons. The summed E-state index contributed by atoms with van der Waals surface area (Å²) in [5.74, 6) is 1.28. The molecular formula is C17H16ClN3O3. The number of rotatable bonds is 4. The van der Waals surface area contributed by atoms with E-state index in [1.807, 2.05) is 35.7 Å². The van der Waals surface area contributed by atoms with Crippen molar-refractivity contribution < 1.29 is 14.3 Å². The molecule has 0 bridgehead atoms. The molecule has 0 atom stereocenters. The molecule has 6 nitrogen and oxygen atoms in total. The first-order valence-corrected chi connectivity index (χ1v) is 7.59. The third-order valence-corrected chi connectivity index (χ3v) is 3.96. The lowest BCUT2D eigenvalue weighted by atomic mass is 10.2. The maximum absolute atomic E-state index is 12.7. The summed E-state index contributed by atoms with van der Waals surface area (Å²) in [5, 5.41) is 3.21. The smallest absolute Gasteiger partial charge is 0.276 e. The van der Waals surface area contributed by atoms with Crippen molar-refractivity contribution in [3.05, 3.63) is 53.1 Å². The summed E-state index contributed by atoms with van der Waals surface area (Å²) in [6.07, 6.45) is 1.86. The van der Waals surface area contributed by atoms with Crippen molar-refractivity contribution in [2.24, 2.45) is 0 Å². The summed E-state index contributed by atoms with van der Waals surface area (Å²) in [7, 11) is 3.01. The highest BCUT2D eigenvalue weighted by Crippen LogP contribution is 2.36. The van der Waals surface area contributed by atoms with Crippen molar-refractivity contribution in [2.75, 3.05) is 19.5 Å². The lowest BCUT2D eigenvalue weighted by molar-refractivity contribution is 0.102. The van der Waals surface area contributed by atoms with Gasteiger partial charge in [-0.2, -0.15) is 0 Å². The summed E-state index contributed by atoms with van der Waals surface area (Å²) < 4.78 is 12.3. The van der Waals surface area contributed by atoms with Gasteiger partial charge in [0.15, 0.2) is 5.69 Å². The summed E-state index contributed by atoms with van der Waals surface area (Å²) in [5.41, 5.74) is 1.52. The van der Waals surface area contributed by atoms with Crippen molar-refractivity contribution in [1.82, 2.24) is 9.38 Å². The molecule has 7 heteroatoms. The maximum atomic E-state index is 12.7. The predicted octanol–water partition coefficient (Wildman–Crippen LogP) is 3.57. The van der Waals surface area contributed by atoms with Gasteiger partial charge in [0, 0.05) is 18.3 Å². The fourth-order valence-electron chi connectivity index (χ4n) is 2.50. The van der Waals surface area contributed by atoms with E-state index in [-0.39, 0.29) is 5.91 Å². The number of nitrogens with zero attached hydrogens (tertiary/aromatic N) is 2. The van der Waals surface area contributed by atoms with Crippen LogP contribution >= 0.6 is 11.6 Å². The highest BCUT2D eigenvalue weighted by molar-refractivity contribution is 6.32. The number of halogens is 1. The molecule has 0 aliphatic rings. The van der Waals surface area contributed by atoms with Gasteiger partial charge in [-0.05, 0) is 19.1 Å². The van der Waals surface area contributed by atoms with Gasteiger partial charge < -0.3 is 19.2 Å². The average molecular weight is 346 g/mol. The Bertz CT molecular complexity index is 921. The number of hydrogen-bond donors (Lipinski definition) is 1. The Kier molecular flexibility index (Phi) is 4.31. The second-order valence-corrected chi connectivity index (χ2v) is 5.51. The molecule has 0 aliphatic heterocycles. The van der Waals surface area contributed by atoms with E-state index < -0.39 is 0 Å². The van der Waals surface area contributed by atoms with Crippen LogP contribution in [0.4, 0.5) is 5.69 Å². The van der Waals surface area contributed by atoms with Crippen LogP contribution in [-0.2, 0) is 0 Å². The molecule has 0 unspecified atom stereocenters. The summed E-state index contributed by atoms with van der Waals surface area (Å²) in [6, 6.07) is 8.79. The van der Waals surface area contributed by atoms with Crippen molar-refractivity contribution in [3.63, 3.8) is 0 Å². The number of ether oxygens (including phenoxy) is 2. The number of hydrogen-bond acceptors (Lipinski definition) is 4. The van der Waals surface area contributed by atoms with E-state index in [0.717, 1.165) is 11.3 Å². The Morgan fingerprint density at radius 2 is 1.96 bits per heavy atom. The molecule has 0 aliphatic carbocycles. The molecule has 1 amide bonds. The van der Waals surface area contributed by atoms with Crippen LogP contribution in [-0.4, -0.2) is 29.5 Å². The van der Waals surface area contributed by atoms with Gasteiger partial charge in [-0.15, -0.1) is 0 Å². The molecular weight excluding hydrogens is 330 g/mol. The molecule has 124 valence electrons. The quantitative estimate of drug-likeness (QED) is 0.785. The summed E-state index contributed by atoms with van der Waals surface area (Å²) >= 11 is 6.08. The van der Waals surface area contributed by atoms with Gasteiger partial charge >= 0.3 is 0 Å². The van der Waals surface area contributed by atoms with E-state index in [4.69, 9.17) is 21.1 Å². The molecule has 0 saturated carbocycles. The van der Waals surface area contributed by atoms with Gasteiger partial charge in [-0.1, -0.05) is 17.7 Å². The Morgan fingerprint density at radius 1 is 1.21 bits per heavy atom. The van der Waals surface area contributed by atoms with Gasteiger partial charge in [0.05, 0.1) is 30.4 Å². The Labute approximate surface area is 144 Å². The third kappa shape index (κ3) is 2.76. The zero-order valence-electron chi connectivity index (χ0n) is 13.5. The number of aryl methyl sites for hydroxylation is 1. The van der Waals surface area contributed by atoms with Crippen LogP contribution in [0.1, 0.15) is 16.3 Å².